The Hall–Kier alpha value is -2.09. The third-order valence-electron chi connectivity index (χ3n) is 4.74. The van der Waals surface area contributed by atoms with Crippen LogP contribution in [0.3, 0.4) is 0 Å². The molecule has 0 saturated carbocycles. The Labute approximate surface area is 157 Å². The molecule has 1 fully saturated rings. The van der Waals surface area contributed by atoms with E-state index < -0.39 is 37.9 Å². The molecule has 0 radical (unpaired) electrons. The molecule has 11 nitrogen and oxygen atoms in total. The SMILES string of the molecule is COC(=O)N1CC[C@]2(O)c3cccc(N(N)S(C)(=O)=O)c3N(S(C)(=O)=O)C12. The topological polar surface area (TPSA) is 151 Å². The monoisotopic (exact) mass is 420 g/mol. The first-order valence-electron chi connectivity index (χ1n) is 7.79. The van der Waals surface area contributed by atoms with Crippen LogP contribution in [0.4, 0.5) is 16.2 Å². The first kappa shape index (κ1) is 19.7. The van der Waals surface area contributed by atoms with Crippen molar-refractivity contribution in [2.24, 2.45) is 5.84 Å². The molecule has 13 heteroatoms. The number of carbonyl (C=O) groups excluding carboxylic acids is 1. The Morgan fingerprint density at radius 2 is 1.96 bits per heavy atom. The summed E-state index contributed by atoms with van der Waals surface area (Å²) >= 11 is 0. The van der Waals surface area contributed by atoms with Gasteiger partial charge in [0, 0.05) is 18.5 Å². The number of hydrogen-bond donors (Lipinski definition) is 2. The maximum atomic E-state index is 12.6. The lowest BCUT2D eigenvalue weighted by Gasteiger charge is -2.34. The zero-order valence-corrected chi connectivity index (χ0v) is 16.5. The van der Waals surface area contributed by atoms with E-state index in [2.05, 4.69) is 0 Å². The van der Waals surface area contributed by atoms with Crippen LogP contribution in [0.25, 0.3) is 0 Å². The van der Waals surface area contributed by atoms with Crippen molar-refractivity contribution >= 4 is 37.5 Å². The number of anilines is 2. The van der Waals surface area contributed by atoms with Gasteiger partial charge in [-0.2, -0.15) is 0 Å². The summed E-state index contributed by atoms with van der Waals surface area (Å²) in [6.45, 7) is 0.0575. The number of fused-ring (bicyclic) bond motifs is 3. The summed E-state index contributed by atoms with van der Waals surface area (Å²) in [5.74, 6) is 5.70. The molecule has 2 atom stereocenters. The third-order valence-corrected chi connectivity index (χ3v) is 6.75. The maximum absolute atomic E-state index is 12.6. The zero-order chi connectivity index (χ0) is 20.4. The molecule has 1 unspecified atom stereocenters. The van der Waals surface area contributed by atoms with E-state index in [1.54, 1.807) is 0 Å². The standard InChI is InChI=1S/C14H20N4O7S2/c1-25-13(19)16-8-7-14(20)9-5-4-6-10(18(15)27(3,23)24)11(9)17(12(14)16)26(2,21)22/h4-6,12,20H,7-8,15H2,1-3H3/t12?,14-/m0/s1. The van der Waals surface area contributed by atoms with Crippen molar-refractivity contribution in [3.05, 3.63) is 23.8 Å². The van der Waals surface area contributed by atoms with E-state index in [0.29, 0.717) is 4.41 Å². The number of likely N-dealkylation sites (tertiary alicyclic amines) is 1. The van der Waals surface area contributed by atoms with Crippen LogP contribution < -0.4 is 14.6 Å². The Morgan fingerprint density at radius 1 is 1.33 bits per heavy atom. The minimum Gasteiger partial charge on any atom is -0.453 e. The number of rotatable bonds is 3. The van der Waals surface area contributed by atoms with Crippen molar-refractivity contribution < 1.29 is 31.5 Å². The highest BCUT2D eigenvalue weighted by molar-refractivity contribution is 7.92. The van der Waals surface area contributed by atoms with Crippen LogP contribution in [0, 0.1) is 0 Å². The van der Waals surface area contributed by atoms with Crippen molar-refractivity contribution in [2.45, 2.75) is 18.2 Å². The van der Waals surface area contributed by atoms with E-state index in [4.69, 9.17) is 10.6 Å². The predicted molar refractivity (Wildman–Crippen MR) is 96.7 cm³/mol. The van der Waals surface area contributed by atoms with Gasteiger partial charge in [-0.05, 0) is 6.07 Å². The van der Waals surface area contributed by atoms with E-state index in [9.17, 15) is 26.7 Å². The number of hydrazine groups is 1. The number of methoxy groups -OCH3 is 1. The van der Waals surface area contributed by atoms with Crippen molar-refractivity contribution in [1.82, 2.24) is 4.90 Å². The molecule has 1 aromatic carbocycles. The van der Waals surface area contributed by atoms with Crippen LogP contribution in [-0.4, -0.2) is 65.3 Å². The van der Waals surface area contributed by atoms with Gasteiger partial charge in [0.25, 0.3) is 0 Å². The normalized spacial score (nSPS) is 24.6. The van der Waals surface area contributed by atoms with Gasteiger partial charge in [-0.15, -0.1) is 0 Å². The summed E-state index contributed by atoms with van der Waals surface area (Å²) in [5, 5.41) is 11.3. The Balaban J connectivity index is 2.32. The molecule has 3 rings (SSSR count). The average Bonchev–Trinajstić information content (AvgIpc) is 3.02. The maximum Gasteiger partial charge on any atom is 0.411 e. The van der Waals surface area contributed by atoms with Crippen molar-refractivity contribution in [2.75, 3.05) is 34.9 Å². The van der Waals surface area contributed by atoms with Gasteiger partial charge in [-0.1, -0.05) is 12.1 Å². The van der Waals surface area contributed by atoms with E-state index in [0.717, 1.165) is 28.8 Å². The number of ether oxygens (including phenoxy) is 1. The lowest BCUT2D eigenvalue weighted by molar-refractivity contribution is 0.0144. The molecule has 27 heavy (non-hydrogen) atoms. The first-order valence-corrected chi connectivity index (χ1v) is 11.5. The zero-order valence-electron chi connectivity index (χ0n) is 14.9. The van der Waals surface area contributed by atoms with Crippen LogP contribution in [0.5, 0.6) is 0 Å². The van der Waals surface area contributed by atoms with Gasteiger partial charge in [0.15, 0.2) is 6.17 Å². The number of para-hydroxylation sites is 1. The van der Waals surface area contributed by atoms with Crippen LogP contribution in [0.2, 0.25) is 0 Å². The molecular formula is C14H20N4O7S2. The second-order valence-electron chi connectivity index (χ2n) is 6.50. The highest BCUT2D eigenvalue weighted by Crippen LogP contribution is 2.54. The molecule has 150 valence electrons. The second kappa shape index (κ2) is 5.95. The summed E-state index contributed by atoms with van der Waals surface area (Å²) in [6.07, 6.45) is -0.328. The number of nitrogens with zero attached hydrogens (tertiary/aromatic N) is 3. The minimum atomic E-state index is -4.04. The number of amides is 1. The third kappa shape index (κ3) is 2.81. The molecule has 0 spiro atoms. The molecule has 0 bridgehead atoms. The average molecular weight is 420 g/mol. The van der Waals surface area contributed by atoms with Gasteiger partial charge in [-0.25, -0.2) is 36.2 Å². The Morgan fingerprint density at radius 3 is 2.48 bits per heavy atom. The van der Waals surface area contributed by atoms with Crippen LogP contribution in [0.15, 0.2) is 18.2 Å². The van der Waals surface area contributed by atoms with Gasteiger partial charge in [0.2, 0.25) is 20.0 Å². The van der Waals surface area contributed by atoms with Crippen LogP contribution >= 0.6 is 0 Å². The number of hydrogen-bond acceptors (Lipinski definition) is 8. The summed E-state index contributed by atoms with van der Waals surface area (Å²) in [7, 11) is -6.82. The number of benzene rings is 1. The van der Waals surface area contributed by atoms with Crippen molar-refractivity contribution in [3.8, 4) is 0 Å². The van der Waals surface area contributed by atoms with Gasteiger partial charge in [0.05, 0.1) is 31.0 Å². The van der Waals surface area contributed by atoms with Crippen molar-refractivity contribution in [3.63, 3.8) is 0 Å². The molecule has 0 aromatic heterocycles. The van der Waals surface area contributed by atoms with E-state index >= 15 is 0 Å². The first-order chi connectivity index (χ1) is 12.3. The van der Waals surface area contributed by atoms with Gasteiger partial charge < -0.3 is 9.84 Å². The lowest BCUT2D eigenvalue weighted by atomic mass is 9.92. The van der Waals surface area contributed by atoms with E-state index in [-0.39, 0.29) is 29.9 Å². The van der Waals surface area contributed by atoms with Crippen LogP contribution in [-0.2, 0) is 30.4 Å². The van der Waals surface area contributed by atoms with Gasteiger partial charge in [0.1, 0.15) is 5.60 Å². The molecule has 3 N–H and O–H groups in total. The largest absolute Gasteiger partial charge is 0.453 e. The van der Waals surface area contributed by atoms with Gasteiger partial charge in [-0.3, -0.25) is 4.90 Å². The summed E-state index contributed by atoms with van der Waals surface area (Å²) in [5.41, 5.74) is -1.79. The molecular weight excluding hydrogens is 400 g/mol. The molecule has 1 amide bonds. The van der Waals surface area contributed by atoms with Crippen LogP contribution in [0.1, 0.15) is 12.0 Å². The molecule has 1 saturated heterocycles. The molecule has 1 aromatic rings. The predicted octanol–water partition coefficient (Wildman–Crippen LogP) is -0.908. The second-order valence-corrected chi connectivity index (χ2v) is 10.2. The number of sulfonamides is 2. The Bertz CT molecular complexity index is 1010. The quantitative estimate of drug-likeness (QED) is 0.471. The summed E-state index contributed by atoms with van der Waals surface area (Å²) < 4.78 is 55.0. The highest BCUT2D eigenvalue weighted by atomic mass is 32.2. The molecule has 2 aliphatic rings. The molecule has 2 aliphatic heterocycles. The van der Waals surface area contributed by atoms with Crippen molar-refractivity contribution in [1.29, 1.82) is 0 Å². The smallest absolute Gasteiger partial charge is 0.411 e. The van der Waals surface area contributed by atoms with E-state index in [1.807, 2.05) is 0 Å². The van der Waals surface area contributed by atoms with E-state index in [1.165, 1.54) is 18.2 Å². The number of nitrogens with two attached hydrogens (primary N) is 1. The number of aliphatic hydroxyl groups is 1. The minimum absolute atomic E-state index is 0.0404. The lowest BCUT2D eigenvalue weighted by Crippen LogP contribution is -2.53. The molecule has 0 aliphatic carbocycles. The number of carbonyl (C=O) groups is 1. The van der Waals surface area contributed by atoms with Gasteiger partial charge >= 0.3 is 6.09 Å². The summed E-state index contributed by atoms with van der Waals surface area (Å²) in [6, 6.07) is 4.26. The molecule has 2 heterocycles. The Kier molecular flexibility index (Phi) is 4.34. The summed E-state index contributed by atoms with van der Waals surface area (Å²) in [4.78, 5) is 13.2. The fraction of sp³-hybridized carbons (Fsp3) is 0.500. The fourth-order valence-electron chi connectivity index (χ4n) is 3.64. The highest BCUT2D eigenvalue weighted by Gasteiger charge is 2.61. The fourth-order valence-corrected chi connectivity index (χ4v) is 5.32.